The van der Waals surface area contributed by atoms with Crippen LogP contribution in [0, 0.1) is 13.8 Å². The average molecular weight is 397 g/mol. The van der Waals surface area contributed by atoms with E-state index in [0.717, 1.165) is 4.90 Å². The number of β-lactam (4-membered cyclic amide) rings is 1. The number of oxazole rings is 1. The van der Waals surface area contributed by atoms with E-state index in [9.17, 15) is 23.4 Å². The molecule has 2 unspecified atom stereocenters. The second kappa shape index (κ2) is 6.93. The van der Waals surface area contributed by atoms with Crippen molar-refractivity contribution in [2.45, 2.75) is 37.0 Å². The number of aliphatic hydroxyl groups is 3. The highest BCUT2D eigenvalue weighted by Gasteiger charge is 2.50. The van der Waals surface area contributed by atoms with Gasteiger partial charge in [-0.2, -0.15) is 4.98 Å². The first-order valence-electron chi connectivity index (χ1n) is 8.02. The molecule has 2 aromatic rings. The largest absolute Gasteiger partial charge is 0.428 e. The first kappa shape index (κ1) is 19.3. The smallest absolute Gasteiger partial charge is 0.309 e. The van der Waals surface area contributed by atoms with Crippen molar-refractivity contribution in [1.82, 2.24) is 4.98 Å². The molecule has 0 bridgehead atoms. The highest BCUT2D eigenvalue weighted by molar-refractivity contribution is 7.92. The minimum Gasteiger partial charge on any atom is -0.428 e. The van der Waals surface area contributed by atoms with Gasteiger partial charge in [0.15, 0.2) is 6.10 Å². The van der Waals surface area contributed by atoms with Gasteiger partial charge in [0.25, 0.3) is 15.9 Å². The lowest BCUT2D eigenvalue weighted by atomic mass is 9.92. The van der Waals surface area contributed by atoms with Crippen LogP contribution in [0.3, 0.4) is 0 Å². The van der Waals surface area contributed by atoms with Crippen LogP contribution in [0.25, 0.3) is 0 Å². The molecule has 1 amide bonds. The Morgan fingerprint density at radius 3 is 2.44 bits per heavy atom. The van der Waals surface area contributed by atoms with Crippen LogP contribution in [0.4, 0.5) is 11.7 Å². The molecule has 10 nitrogen and oxygen atoms in total. The topological polar surface area (TPSA) is 153 Å². The van der Waals surface area contributed by atoms with Gasteiger partial charge in [-0.1, -0.05) is 0 Å². The molecule has 1 aliphatic heterocycles. The molecule has 1 aromatic carbocycles. The third kappa shape index (κ3) is 3.41. The molecule has 1 aromatic heterocycles. The van der Waals surface area contributed by atoms with Crippen LogP contribution in [-0.2, 0) is 14.8 Å². The Morgan fingerprint density at radius 2 is 1.93 bits per heavy atom. The summed E-state index contributed by atoms with van der Waals surface area (Å²) in [6, 6.07) is 4.10. The predicted octanol–water partition coefficient (Wildman–Crippen LogP) is -0.478. The van der Waals surface area contributed by atoms with Crippen molar-refractivity contribution in [3.63, 3.8) is 0 Å². The zero-order chi connectivity index (χ0) is 19.9. The summed E-state index contributed by atoms with van der Waals surface area (Å²) in [6.07, 6.45) is -2.74. The molecule has 1 saturated heterocycles. The molecule has 4 N–H and O–H groups in total. The molecule has 27 heavy (non-hydrogen) atoms. The maximum Gasteiger partial charge on any atom is 0.309 e. The van der Waals surface area contributed by atoms with Gasteiger partial charge in [-0.05, 0) is 38.1 Å². The van der Waals surface area contributed by atoms with Crippen molar-refractivity contribution in [3.05, 3.63) is 35.7 Å². The fourth-order valence-electron chi connectivity index (χ4n) is 2.76. The summed E-state index contributed by atoms with van der Waals surface area (Å²) in [7, 11) is -3.96. The number of nitrogens with one attached hydrogen (secondary N) is 1. The second-order valence-electron chi connectivity index (χ2n) is 6.15. The molecule has 11 heteroatoms. The number of nitrogens with zero attached hydrogens (tertiary/aromatic N) is 2. The van der Waals surface area contributed by atoms with Crippen molar-refractivity contribution < 1.29 is 32.9 Å². The van der Waals surface area contributed by atoms with Crippen LogP contribution in [0.2, 0.25) is 0 Å². The summed E-state index contributed by atoms with van der Waals surface area (Å²) in [5, 5.41) is 28.5. The van der Waals surface area contributed by atoms with Crippen molar-refractivity contribution in [2.24, 2.45) is 0 Å². The summed E-state index contributed by atoms with van der Waals surface area (Å²) >= 11 is 0. The SMILES string of the molecule is Cc1nc(NS(=O)(=O)c2ccc(N3C(=O)C(O)C3[C@H](O)CO)cc2)oc1C. The number of carbonyl (C=O) groups is 1. The van der Waals surface area contributed by atoms with E-state index in [1.54, 1.807) is 13.8 Å². The molecule has 1 fully saturated rings. The fourth-order valence-corrected chi connectivity index (χ4v) is 3.69. The number of aromatic nitrogens is 1. The van der Waals surface area contributed by atoms with Crippen molar-refractivity contribution in [3.8, 4) is 0 Å². The number of hydrogen-bond acceptors (Lipinski definition) is 8. The molecule has 0 spiro atoms. The van der Waals surface area contributed by atoms with Gasteiger partial charge in [-0.15, -0.1) is 0 Å². The first-order chi connectivity index (χ1) is 12.7. The summed E-state index contributed by atoms with van der Waals surface area (Å²) in [4.78, 5) is 16.9. The molecule has 0 aliphatic carbocycles. The zero-order valence-corrected chi connectivity index (χ0v) is 15.3. The van der Waals surface area contributed by atoms with E-state index < -0.39 is 40.8 Å². The molecule has 0 saturated carbocycles. The van der Waals surface area contributed by atoms with E-state index >= 15 is 0 Å². The van der Waals surface area contributed by atoms with Crippen molar-refractivity contribution in [2.75, 3.05) is 16.2 Å². The first-order valence-corrected chi connectivity index (χ1v) is 9.51. The number of benzene rings is 1. The molecule has 146 valence electrons. The summed E-state index contributed by atoms with van der Waals surface area (Å²) in [5.41, 5.74) is 0.843. The van der Waals surface area contributed by atoms with Gasteiger partial charge < -0.3 is 24.6 Å². The lowest BCUT2D eigenvalue weighted by Crippen LogP contribution is -2.70. The van der Waals surface area contributed by atoms with Gasteiger partial charge in [-0.3, -0.25) is 4.79 Å². The van der Waals surface area contributed by atoms with E-state index in [2.05, 4.69) is 9.71 Å². The van der Waals surface area contributed by atoms with Crippen LogP contribution >= 0.6 is 0 Å². The normalized spacial score (nSPS) is 21.1. The van der Waals surface area contributed by atoms with Gasteiger partial charge >= 0.3 is 6.01 Å². The highest BCUT2D eigenvalue weighted by atomic mass is 32.2. The minimum atomic E-state index is -3.96. The lowest BCUT2D eigenvalue weighted by Gasteiger charge is -2.46. The van der Waals surface area contributed by atoms with Gasteiger partial charge in [0.2, 0.25) is 0 Å². The molecule has 1 aliphatic rings. The lowest BCUT2D eigenvalue weighted by molar-refractivity contribution is -0.142. The van der Waals surface area contributed by atoms with Crippen LogP contribution in [0.5, 0.6) is 0 Å². The third-order valence-electron chi connectivity index (χ3n) is 4.37. The summed E-state index contributed by atoms with van der Waals surface area (Å²) in [6.45, 7) is 2.71. The monoisotopic (exact) mass is 397 g/mol. The van der Waals surface area contributed by atoms with Crippen LogP contribution in [0.15, 0.2) is 33.6 Å². The Bertz CT molecular complexity index is 935. The number of amides is 1. The number of aliphatic hydroxyl groups excluding tert-OH is 3. The zero-order valence-electron chi connectivity index (χ0n) is 14.5. The number of sulfonamides is 1. The maximum atomic E-state index is 12.4. The Labute approximate surface area is 155 Å². The van der Waals surface area contributed by atoms with Crippen molar-refractivity contribution >= 4 is 27.6 Å². The van der Waals surface area contributed by atoms with Crippen LogP contribution < -0.4 is 9.62 Å². The quantitative estimate of drug-likeness (QED) is 0.477. The minimum absolute atomic E-state index is 0.0902. The summed E-state index contributed by atoms with van der Waals surface area (Å²) in [5.74, 6) is -0.154. The average Bonchev–Trinajstić information content (AvgIpc) is 2.94. The third-order valence-corrected chi connectivity index (χ3v) is 5.70. The molecular formula is C16H19N3O7S. The van der Waals surface area contributed by atoms with E-state index in [1.165, 1.54) is 24.3 Å². The Morgan fingerprint density at radius 1 is 1.30 bits per heavy atom. The van der Waals surface area contributed by atoms with E-state index in [4.69, 9.17) is 9.52 Å². The number of carbonyl (C=O) groups excluding carboxylic acids is 1. The second-order valence-corrected chi connectivity index (χ2v) is 7.84. The number of anilines is 2. The maximum absolute atomic E-state index is 12.4. The van der Waals surface area contributed by atoms with E-state index in [0.29, 0.717) is 11.5 Å². The van der Waals surface area contributed by atoms with Gasteiger partial charge in [0.1, 0.15) is 17.9 Å². The summed E-state index contributed by atoms with van der Waals surface area (Å²) < 4.78 is 32.3. The number of rotatable bonds is 6. The van der Waals surface area contributed by atoms with Gasteiger partial charge in [0, 0.05) is 5.69 Å². The number of hydrogen-bond donors (Lipinski definition) is 4. The Hall–Kier alpha value is -2.47. The van der Waals surface area contributed by atoms with Gasteiger partial charge in [0.05, 0.1) is 17.2 Å². The standard InChI is InChI=1S/C16H19N3O7S/c1-8-9(2)26-16(17-8)18-27(24,25)11-5-3-10(4-6-11)19-13(12(21)7-20)14(22)15(19)23/h3-6,12-14,20-22H,7H2,1-2H3,(H,17,18)/t12-,13?,14?/m1/s1. The molecule has 3 atom stereocenters. The van der Waals surface area contributed by atoms with Crippen LogP contribution in [0.1, 0.15) is 11.5 Å². The molecular weight excluding hydrogens is 378 g/mol. The molecule has 3 rings (SSSR count). The molecule has 0 radical (unpaired) electrons. The fraction of sp³-hybridized carbons (Fsp3) is 0.375. The Kier molecular flexibility index (Phi) is 4.95. The Balaban J connectivity index is 1.81. The van der Waals surface area contributed by atoms with Gasteiger partial charge in [-0.25, -0.2) is 13.1 Å². The number of aryl methyl sites for hydroxylation is 2. The van der Waals surface area contributed by atoms with Crippen LogP contribution in [-0.4, -0.2) is 59.5 Å². The van der Waals surface area contributed by atoms with Crippen molar-refractivity contribution in [1.29, 1.82) is 0 Å². The highest BCUT2D eigenvalue weighted by Crippen LogP contribution is 2.31. The molecule has 2 heterocycles. The van der Waals surface area contributed by atoms with E-state index in [-0.39, 0.29) is 16.6 Å². The predicted molar refractivity (Wildman–Crippen MR) is 93.6 cm³/mol. The van der Waals surface area contributed by atoms with E-state index in [1.807, 2.05) is 0 Å².